The predicted octanol–water partition coefficient (Wildman–Crippen LogP) is 2.86. The molecule has 4 N–H and O–H groups in total. The summed E-state index contributed by atoms with van der Waals surface area (Å²) in [5, 5.41) is 13.2. The van der Waals surface area contributed by atoms with Gasteiger partial charge in [0.1, 0.15) is 46.4 Å². The summed E-state index contributed by atoms with van der Waals surface area (Å²) in [4.78, 5) is 33.3. The molecule has 14 heteroatoms. The SMILES string of the molecule is COc1ccc2nc(C(=O)NCC(O)(c3cc4c(c(-c5ccc(F)cc5)n3)OC[C@]4(C)C(N)=O)C(F)(F)F)cn2c1. The van der Waals surface area contributed by atoms with E-state index in [2.05, 4.69) is 15.3 Å². The van der Waals surface area contributed by atoms with Gasteiger partial charge in [0.05, 0.1) is 25.5 Å². The van der Waals surface area contributed by atoms with E-state index in [1.54, 1.807) is 12.1 Å². The normalized spacial score (nSPS) is 17.9. The van der Waals surface area contributed by atoms with Gasteiger partial charge in [-0.25, -0.2) is 14.4 Å². The number of carbonyl (C=O) groups is 2. The zero-order valence-corrected chi connectivity index (χ0v) is 21.6. The third-order valence-corrected chi connectivity index (χ3v) is 7.02. The highest BCUT2D eigenvalue weighted by Crippen LogP contribution is 2.47. The number of amides is 2. The van der Waals surface area contributed by atoms with E-state index in [1.165, 1.54) is 43.0 Å². The van der Waals surface area contributed by atoms with Crippen molar-refractivity contribution in [2.24, 2.45) is 5.73 Å². The number of hydrogen-bond acceptors (Lipinski definition) is 7. The number of imidazole rings is 1. The molecule has 0 fully saturated rings. The number of primary amides is 1. The van der Waals surface area contributed by atoms with Crippen LogP contribution in [0.2, 0.25) is 0 Å². The molecular weight excluding hydrogens is 550 g/mol. The maximum atomic E-state index is 14.5. The number of nitrogens with zero attached hydrogens (tertiary/aromatic N) is 3. The molecule has 1 aliphatic rings. The van der Waals surface area contributed by atoms with Gasteiger partial charge in [-0.2, -0.15) is 13.2 Å². The highest BCUT2D eigenvalue weighted by molar-refractivity contribution is 5.93. The number of halogens is 4. The minimum atomic E-state index is -5.35. The molecule has 2 amide bonds. The summed E-state index contributed by atoms with van der Waals surface area (Å²) in [6, 6.07) is 8.68. The molecule has 0 bridgehead atoms. The van der Waals surface area contributed by atoms with Crippen LogP contribution in [-0.2, 0) is 15.8 Å². The summed E-state index contributed by atoms with van der Waals surface area (Å²) in [5.41, 5.74) is -0.596. The molecule has 41 heavy (non-hydrogen) atoms. The number of nitrogens with one attached hydrogen (secondary N) is 1. The Bertz CT molecular complexity index is 1670. The molecule has 0 saturated carbocycles. The summed E-state index contributed by atoms with van der Waals surface area (Å²) in [6.07, 6.45) is -2.54. The van der Waals surface area contributed by atoms with Crippen LogP contribution in [0, 0.1) is 5.82 Å². The summed E-state index contributed by atoms with van der Waals surface area (Å²) in [6.45, 7) is -0.266. The Morgan fingerprint density at radius 2 is 1.88 bits per heavy atom. The maximum absolute atomic E-state index is 14.5. The van der Waals surface area contributed by atoms with Crippen LogP contribution in [0.15, 0.2) is 54.9 Å². The molecule has 2 atom stereocenters. The van der Waals surface area contributed by atoms with Gasteiger partial charge >= 0.3 is 6.18 Å². The third-order valence-electron chi connectivity index (χ3n) is 7.02. The monoisotopic (exact) mass is 573 g/mol. The molecule has 0 saturated heterocycles. The van der Waals surface area contributed by atoms with Gasteiger partial charge in [-0.05, 0) is 49.4 Å². The summed E-state index contributed by atoms with van der Waals surface area (Å²) < 4.78 is 69.4. The highest BCUT2D eigenvalue weighted by atomic mass is 19.4. The Kier molecular flexibility index (Phi) is 6.60. The van der Waals surface area contributed by atoms with Gasteiger partial charge in [-0.15, -0.1) is 0 Å². The maximum Gasteiger partial charge on any atom is 0.424 e. The van der Waals surface area contributed by atoms with Gasteiger partial charge in [0.2, 0.25) is 11.5 Å². The van der Waals surface area contributed by atoms with E-state index in [1.807, 2.05) is 0 Å². The number of hydrogen-bond donors (Lipinski definition) is 3. The average molecular weight is 574 g/mol. The number of fused-ring (bicyclic) bond motifs is 2. The number of aromatic nitrogens is 3. The first-order valence-corrected chi connectivity index (χ1v) is 12.1. The topological polar surface area (TPSA) is 141 Å². The quantitative estimate of drug-likeness (QED) is 0.289. The molecule has 5 rings (SSSR count). The molecule has 214 valence electrons. The van der Waals surface area contributed by atoms with Crippen LogP contribution in [0.4, 0.5) is 17.6 Å². The number of alkyl halides is 3. The van der Waals surface area contributed by atoms with Gasteiger partial charge in [0.15, 0.2) is 0 Å². The fourth-order valence-electron chi connectivity index (χ4n) is 4.44. The van der Waals surface area contributed by atoms with Crippen molar-refractivity contribution in [1.82, 2.24) is 19.7 Å². The van der Waals surface area contributed by atoms with E-state index < -0.39 is 47.1 Å². The van der Waals surface area contributed by atoms with Crippen LogP contribution in [-0.4, -0.2) is 57.7 Å². The first-order valence-electron chi connectivity index (χ1n) is 12.1. The van der Waals surface area contributed by atoms with Crippen molar-refractivity contribution < 1.29 is 41.7 Å². The zero-order valence-electron chi connectivity index (χ0n) is 21.6. The lowest BCUT2D eigenvalue weighted by atomic mass is 9.81. The molecule has 1 aliphatic heterocycles. The third kappa shape index (κ3) is 4.69. The molecule has 0 radical (unpaired) electrons. The van der Waals surface area contributed by atoms with Gasteiger partial charge < -0.3 is 30.0 Å². The van der Waals surface area contributed by atoms with E-state index in [4.69, 9.17) is 15.2 Å². The summed E-state index contributed by atoms with van der Waals surface area (Å²) in [7, 11) is 1.44. The van der Waals surface area contributed by atoms with Crippen molar-refractivity contribution in [3.05, 3.63) is 77.6 Å². The lowest BCUT2D eigenvalue weighted by Crippen LogP contribution is -2.52. The van der Waals surface area contributed by atoms with Crippen molar-refractivity contribution in [1.29, 1.82) is 0 Å². The van der Waals surface area contributed by atoms with Gasteiger partial charge in [-0.1, -0.05) is 0 Å². The molecule has 3 aromatic heterocycles. The van der Waals surface area contributed by atoms with Crippen molar-refractivity contribution in [3.8, 4) is 22.8 Å². The van der Waals surface area contributed by atoms with E-state index >= 15 is 0 Å². The first-order chi connectivity index (χ1) is 19.3. The standard InChI is InChI=1S/C27H23F4N5O5/c1-25(24(32)38)13-41-22-17(25)9-19(35-21(22)14-3-5-15(28)6-4-14)26(39,27(29,30)31)12-33-23(37)18-11-36-10-16(40-2)7-8-20(36)34-18/h3-11,39H,12-13H2,1-2H3,(H2,32,38)(H,33,37)/t25-,26?/m0/s1. The van der Waals surface area contributed by atoms with Crippen LogP contribution < -0.4 is 20.5 Å². The van der Waals surface area contributed by atoms with Gasteiger partial charge in [-0.3, -0.25) is 9.59 Å². The number of ether oxygens (including phenoxy) is 2. The number of aliphatic hydroxyl groups is 1. The minimum Gasteiger partial charge on any atom is -0.495 e. The summed E-state index contributed by atoms with van der Waals surface area (Å²) >= 11 is 0. The lowest BCUT2D eigenvalue weighted by Gasteiger charge is -2.31. The van der Waals surface area contributed by atoms with Crippen LogP contribution in [0.5, 0.6) is 11.5 Å². The minimum absolute atomic E-state index is 0.0321. The van der Waals surface area contributed by atoms with Gasteiger partial charge in [0, 0.05) is 17.3 Å². The van der Waals surface area contributed by atoms with E-state index in [9.17, 15) is 32.3 Å². The molecule has 1 unspecified atom stereocenters. The Labute approximate surface area is 229 Å². The summed E-state index contributed by atoms with van der Waals surface area (Å²) in [5.74, 6) is -2.06. The fraction of sp³-hybridized carbons (Fsp3) is 0.259. The van der Waals surface area contributed by atoms with Crippen molar-refractivity contribution in [2.75, 3.05) is 20.3 Å². The number of rotatable bonds is 7. The average Bonchev–Trinajstić information content (AvgIpc) is 3.52. The second kappa shape index (κ2) is 9.73. The van der Waals surface area contributed by atoms with Crippen molar-refractivity contribution >= 4 is 17.5 Å². The first kappa shape index (κ1) is 27.8. The van der Waals surface area contributed by atoms with Crippen LogP contribution in [0.1, 0.15) is 28.7 Å². The predicted molar refractivity (Wildman–Crippen MR) is 136 cm³/mol. The fourth-order valence-corrected chi connectivity index (χ4v) is 4.44. The zero-order chi connectivity index (χ0) is 29.7. The second-order valence-corrected chi connectivity index (χ2v) is 9.73. The molecular formula is C27H23F4N5O5. The van der Waals surface area contributed by atoms with Crippen LogP contribution in [0.25, 0.3) is 16.9 Å². The number of benzene rings is 1. The van der Waals surface area contributed by atoms with Gasteiger partial charge in [0.25, 0.3) is 5.91 Å². The van der Waals surface area contributed by atoms with E-state index in [0.29, 0.717) is 11.4 Å². The van der Waals surface area contributed by atoms with Crippen molar-refractivity contribution in [2.45, 2.75) is 24.1 Å². The Balaban J connectivity index is 1.57. The van der Waals surface area contributed by atoms with E-state index in [0.717, 1.165) is 18.2 Å². The molecule has 1 aromatic carbocycles. The van der Waals surface area contributed by atoms with Crippen LogP contribution in [0.3, 0.4) is 0 Å². The Hall–Kier alpha value is -4.72. The highest BCUT2D eigenvalue weighted by Gasteiger charge is 2.57. The largest absolute Gasteiger partial charge is 0.495 e. The Morgan fingerprint density at radius 1 is 1.17 bits per heavy atom. The van der Waals surface area contributed by atoms with Crippen molar-refractivity contribution in [3.63, 3.8) is 0 Å². The smallest absolute Gasteiger partial charge is 0.424 e. The number of methoxy groups -OCH3 is 1. The molecule has 4 heterocycles. The molecule has 10 nitrogen and oxygen atoms in total. The molecule has 0 aliphatic carbocycles. The second-order valence-electron chi connectivity index (χ2n) is 9.73. The number of nitrogens with two attached hydrogens (primary N) is 1. The number of pyridine rings is 2. The number of carbonyl (C=O) groups excluding carboxylic acids is 2. The van der Waals surface area contributed by atoms with E-state index in [-0.39, 0.29) is 34.9 Å². The molecule has 4 aromatic rings. The van der Waals surface area contributed by atoms with Crippen LogP contribution >= 0.6 is 0 Å². The lowest BCUT2D eigenvalue weighted by molar-refractivity contribution is -0.265. The Morgan fingerprint density at radius 3 is 2.51 bits per heavy atom. The molecule has 0 spiro atoms.